The normalized spacial score (nSPS) is 10.7. The number of carbonyl (C=O) groups is 2. The van der Waals surface area contributed by atoms with Crippen LogP contribution >= 0.6 is 0 Å². The highest BCUT2D eigenvalue weighted by Gasteiger charge is 2.09. The number of hydrogen-bond donors (Lipinski definition) is 2. The average Bonchev–Trinajstić information content (AvgIpc) is 2.62. The summed E-state index contributed by atoms with van der Waals surface area (Å²) in [4.78, 5) is 25.4. The maximum Gasteiger partial charge on any atom is 0.387 e. The molecule has 2 aromatic carbocycles. The molecule has 0 spiro atoms. The minimum atomic E-state index is -2.85. The second-order valence-corrected chi connectivity index (χ2v) is 5.90. The fraction of sp³-hybridized carbons (Fsp3) is 0.263. The van der Waals surface area contributed by atoms with Gasteiger partial charge in [-0.15, -0.1) is 0 Å². The number of amides is 2. The Bertz CT molecular complexity index is 765. The lowest BCUT2D eigenvalue weighted by atomic mass is 10.2. The molecule has 2 rings (SSSR count). The Kier molecular flexibility index (Phi) is 7.25. The Morgan fingerprint density at radius 1 is 1.07 bits per heavy atom. The minimum Gasteiger partial charge on any atom is -0.435 e. The van der Waals surface area contributed by atoms with E-state index >= 15 is 0 Å². The molecule has 0 radical (unpaired) electrons. The molecule has 2 N–H and O–H groups in total. The number of benzene rings is 2. The van der Waals surface area contributed by atoms with Crippen LogP contribution in [0.2, 0.25) is 0 Å². The van der Waals surface area contributed by atoms with Gasteiger partial charge in [-0.05, 0) is 49.0 Å². The molecule has 6 nitrogen and oxygen atoms in total. The first-order valence-electron chi connectivity index (χ1n) is 8.21. The Morgan fingerprint density at radius 3 is 2.26 bits per heavy atom. The third-order valence-electron chi connectivity index (χ3n) is 3.67. The van der Waals surface area contributed by atoms with Crippen molar-refractivity contribution in [2.75, 3.05) is 26.0 Å². The molecule has 0 atom stereocenters. The Hall–Kier alpha value is -3.00. The molecule has 27 heavy (non-hydrogen) atoms. The Balaban J connectivity index is 1.83. The summed E-state index contributed by atoms with van der Waals surface area (Å²) in [5, 5.41) is 5.28. The first kappa shape index (κ1) is 20.3. The van der Waals surface area contributed by atoms with E-state index in [1.54, 1.807) is 55.4 Å². The van der Waals surface area contributed by atoms with E-state index in [1.807, 2.05) is 0 Å². The van der Waals surface area contributed by atoms with Crippen LogP contribution in [0.1, 0.15) is 15.9 Å². The molecular weight excluding hydrogens is 356 g/mol. The number of likely N-dealkylation sites (N-methyl/N-ethyl adjacent to an activating group) is 1. The summed E-state index contributed by atoms with van der Waals surface area (Å²) in [7, 11) is 3.32. The fourth-order valence-electron chi connectivity index (χ4n) is 2.44. The van der Waals surface area contributed by atoms with Crippen LogP contribution in [0.15, 0.2) is 48.5 Å². The molecule has 0 aliphatic heterocycles. The molecule has 0 aliphatic rings. The van der Waals surface area contributed by atoms with Gasteiger partial charge in [-0.3, -0.25) is 14.5 Å². The van der Waals surface area contributed by atoms with Crippen molar-refractivity contribution in [2.45, 2.75) is 13.2 Å². The van der Waals surface area contributed by atoms with Gasteiger partial charge in [-0.2, -0.15) is 8.78 Å². The maximum absolute atomic E-state index is 12.1. The van der Waals surface area contributed by atoms with Crippen molar-refractivity contribution in [3.8, 4) is 5.75 Å². The first-order valence-corrected chi connectivity index (χ1v) is 8.21. The number of carbonyl (C=O) groups excluding carboxylic acids is 2. The quantitative estimate of drug-likeness (QED) is 0.742. The molecule has 144 valence electrons. The van der Waals surface area contributed by atoms with Gasteiger partial charge in [0.15, 0.2) is 0 Å². The number of anilines is 1. The number of halogens is 2. The molecular formula is C19H21F2N3O3. The van der Waals surface area contributed by atoms with E-state index in [9.17, 15) is 18.4 Å². The highest BCUT2D eigenvalue weighted by Crippen LogP contribution is 2.16. The van der Waals surface area contributed by atoms with Gasteiger partial charge in [0.05, 0.1) is 6.54 Å². The summed E-state index contributed by atoms with van der Waals surface area (Å²) in [6, 6.07) is 12.8. The lowest BCUT2D eigenvalue weighted by molar-refractivity contribution is -0.117. The standard InChI is InChI=1S/C19H21F2N3O3/c1-22-18(26)14-5-7-15(8-6-14)23-17(25)12-24(2)11-13-3-9-16(10-4-13)27-19(20)21/h3-10,19H,11-12H2,1-2H3,(H,22,26)(H,23,25). The van der Waals surface area contributed by atoms with Gasteiger partial charge in [0.25, 0.3) is 5.91 Å². The van der Waals surface area contributed by atoms with Crippen molar-refractivity contribution in [3.05, 3.63) is 59.7 Å². The number of ether oxygens (including phenoxy) is 1. The number of hydrogen-bond acceptors (Lipinski definition) is 4. The Morgan fingerprint density at radius 2 is 1.70 bits per heavy atom. The topological polar surface area (TPSA) is 70.7 Å². The van der Waals surface area contributed by atoms with Gasteiger partial charge in [-0.1, -0.05) is 12.1 Å². The molecule has 0 heterocycles. The molecule has 2 aromatic rings. The molecule has 0 saturated heterocycles. The number of nitrogens with zero attached hydrogens (tertiary/aromatic N) is 1. The van der Waals surface area contributed by atoms with Gasteiger partial charge in [0, 0.05) is 24.8 Å². The highest BCUT2D eigenvalue weighted by atomic mass is 19.3. The number of rotatable bonds is 8. The van der Waals surface area contributed by atoms with Crippen molar-refractivity contribution >= 4 is 17.5 Å². The number of nitrogens with one attached hydrogen (secondary N) is 2. The zero-order chi connectivity index (χ0) is 19.8. The van der Waals surface area contributed by atoms with Gasteiger partial charge in [0.2, 0.25) is 5.91 Å². The van der Waals surface area contributed by atoms with Gasteiger partial charge in [-0.25, -0.2) is 0 Å². The van der Waals surface area contributed by atoms with E-state index in [4.69, 9.17) is 0 Å². The van der Waals surface area contributed by atoms with E-state index < -0.39 is 6.61 Å². The van der Waals surface area contributed by atoms with Gasteiger partial charge >= 0.3 is 6.61 Å². The van der Waals surface area contributed by atoms with Crippen LogP contribution in [0.25, 0.3) is 0 Å². The van der Waals surface area contributed by atoms with E-state index in [-0.39, 0.29) is 24.1 Å². The summed E-state index contributed by atoms with van der Waals surface area (Å²) >= 11 is 0. The molecule has 0 bridgehead atoms. The number of alkyl halides is 2. The van der Waals surface area contributed by atoms with E-state index in [0.717, 1.165) is 5.56 Å². The fourth-order valence-corrected chi connectivity index (χ4v) is 2.44. The van der Waals surface area contributed by atoms with Crippen LogP contribution in [-0.2, 0) is 11.3 Å². The highest BCUT2D eigenvalue weighted by molar-refractivity contribution is 5.96. The molecule has 2 amide bonds. The molecule has 0 aliphatic carbocycles. The van der Waals surface area contributed by atoms with Gasteiger partial charge < -0.3 is 15.4 Å². The predicted molar refractivity (Wildman–Crippen MR) is 97.9 cm³/mol. The smallest absolute Gasteiger partial charge is 0.387 e. The summed E-state index contributed by atoms with van der Waals surface area (Å²) in [6.07, 6.45) is 0. The predicted octanol–water partition coefficient (Wildman–Crippen LogP) is 2.72. The third-order valence-corrected chi connectivity index (χ3v) is 3.67. The Labute approximate surface area is 156 Å². The lowest BCUT2D eigenvalue weighted by Gasteiger charge is -2.17. The van der Waals surface area contributed by atoms with Crippen molar-refractivity contribution in [3.63, 3.8) is 0 Å². The molecule has 0 unspecified atom stereocenters. The van der Waals surface area contributed by atoms with Crippen LogP contribution in [0.4, 0.5) is 14.5 Å². The van der Waals surface area contributed by atoms with Crippen molar-refractivity contribution in [1.29, 1.82) is 0 Å². The van der Waals surface area contributed by atoms with Crippen molar-refractivity contribution in [1.82, 2.24) is 10.2 Å². The summed E-state index contributed by atoms with van der Waals surface area (Å²) in [6.45, 7) is -2.24. The average molecular weight is 377 g/mol. The largest absolute Gasteiger partial charge is 0.435 e. The zero-order valence-corrected chi connectivity index (χ0v) is 15.0. The summed E-state index contributed by atoms with van der Waals surface area (Å²) < 4.78 is 28.6. The first-order chi connectivity index (χ1) is 12.9. The third kappa shape index (κ3) is 6.67. The zero-order valence-electron chi connectivity index (χ0n) is 15.0. The lowest BCUT2D eigenvalue weighted by Crippen LogP contribution is -2.29. The van der Waals surface area contributed by atoms with Crippen molar-refractivity contribution < 1.29 is 23.1 Å². The van der Waals surface area contributed by atoms with E-state index in [0.29, 0.717) is 17.8 Å². The van der Waals surface area contributed by atoms with Crippen LogP contribution in [0, 0.1) is 0 Å². The van der Waals surface area contributed by atoms with Crippen LogP contribution in [-0.4, -0.2) is 44.0 Å². The second-order valence-electron chi connectivity index (χ2n) is 5.90. The van der Waals surface area contributed by atoms with Gasteiger partial charge in [0.1, 0.15) is 5.75 Å². The van der Waals surface area contributed by atoms with Crippen LogP contribution in [0.5, 0.6) is 5.75 Å². The van der Waals surface area contributed by atoms with Crippen LogP contribution in [0.3, 0.4) is 0 Å². The summed E-state index contributed by atoms with van der Waals surface area (Å²) in [5.74, 6) is -0.310. The monoisotopic (exact) mass is 377 g/mol. The summed E-state index contributed by atoms with van der Waals surface area (Å²) in [5.41, 5.74) is 1.96. The van der Waals surface area contributed by atoms with E-state index in [1.165, 1.54) is 12.1 Å². The molecule has 0 aromatic heterocycles. The van der Waals surface area contributed by atoms with Crippen LogP contribution < -0.4 is 15.4 Å². The van der Waals surface area contributed by atoms with Crippen molar-refractivity contribution in [2.24, 2.45) is 0 Å². The SMILES string of the molecule is CNC(=O)c1ccc(NC(=O)CN(C)Cc2ccc(OC(F)F)cc2)cc1. The molecule has 0 saturated carbocycles. The van der Waals surface area contributed by atoms with E-state index in [2.05, 4.69) is 15.4 Å². The minimum absolute atomic E-state index is 0.0920. The molecule has 8 heteroatoms. The maximum atomic E-state index is 12.1. The second kappa shape index (κ2) is 9.63. The molecule has 0 fully saturated rings.